The zero-order chi connectivity index (χ0) is 21.1. The van der Waals surface area contributed by atoms with E-state index in [1.165, 1.54) is 29.3 Å². The van der Waals surface area contributed by atoms with E-state index in [1.807, 2.05) is 11.8 Å². The zero-order valence-corrected chi connectivity index (χ0v) is 18.2. The molecular weight excluding hydrogens is 426 g/mol. The number of anilines is 2. The van der Waals surface area contributed by atoms with Gasteiger partial charge in [0, 0.05) is 30.7 Å². The van der Waals surface area contributed by atoms with E-state index in [9.17, 15) is 9.59 Å². The fraction of sp³-hybridized carbons (Fsp3) is 0.368. The van der Waals surface area contributed by atoms with Crippen LogP contribution >= 0.6 is 23.1 Å². The summed E-state index contributed by atoms with van der Waals surface area (Å²) in [5.41, 5.74) is 0.610. The molecule has 1 amide bonds. The third-order valence-electron chi connectivity index (χ3n) is 4.65. The number of thiazole rings is 1. The lowest BCUT2D eigenvalue weighted by Gasteiger charge is -2.25. The summed E-state index contributed by atoms with van der Waals surface area (Å²) in [5, 5.41) is 3.57. The number of hydrogen-bond donors (Lipinski definition) is 1. The third-order valence-corrected chi connectivity index (χ3v) is 6.68. The van der Waals surface area contributed by atoms with Crippen LogP contribution in [0.3, 0.4) is 0 Å². The van der Waals surface area contributed by atoms with Crippen molar-refractivity contribution in [2.45, 2.75) is 6.54 Å². The number of ether oxygens (including phenoxy) is 2. The Morgan fingerprint density at radius 1 is 1.23 bits per heavy atom. The topological polar surface area (TPSA) is 98.6 Å². The Labute approximate surface area is 181 Å². The number of hydrogen-bond acceptors (Lipinski definition) is 9. The molecule has 0 atom stereocenters. The van der Waals surface area contributed by atoms with Gasteiger partial charge < -0.3 is 19.7 Å². The van der Waals surface area contributed by atoms with Gasteiger partial charge in [-0.05, 0) is 12.1 Å². The van der Waals surface area contributed by atoms with Crippen LogP contribution < -0.4 is 25.2 Å². The number of carbonyl (C=O) groups is 1. The summed E-state index contributed by atoms with van der Waals surface area (Å²) in [6, 6.07) is 5.10. The van der Waals surface area contributed by atoms with Crippen molar-refractivity contribution < 1.29 is 14.3 Å². The fourth-order valence-corrected chi connectivity index (χ4v) is 5.02. The zero-order valence-electron chi connectivity index (χ0n) is 16.6. The highest BCUT2D eigenvalue weighted by Crippen LogP contribution is 2.29. The maximum absolute atomic E-state index is 12.9. The molecule has 9 nitrogen and oxygen atoms in total. The third kappa shape index (κ3) is 4.21. The number of methoxy groups -OCH3 is 2. The molecule has 0 saturated carbocycles. The molecular formula is C19H21N5O4S2. The van der Waals surface area contributed by atoms with Gasteiger partial charge in [-0.25, -0.2) is 4.98 Å². The molecule has 3 aromatic rings. The van der Waals surface area contributed by atoms with Gasteiger partial charge >= 0.3 is 0 Å². The van der Waals surface area contributed by atoms with Crippen molar-refractivity contribution >= 4 is 50.2 Å². The minimum absolute atomic E-state index is 0.171. The Morgan fingerprint density at radius 2 is 2.03 bits per heavy atom. The highest BCUT2D eigenvalue weighted by atomic mass is 32.2. The average Bonchev–Trinajstić information content (AvgIpc) is 3.21. The number of benzene rings is 1. The van der Waals surface area contributed by atoms with Crippen molar-refractivity contribution in [2.75, 3.05) is 49.0 Å². The van der Waals surface area contributed by atoms with E-state index in [0.717, 1.165) is 29.7 Å². The van der Waals surface area contributed by atoms with Gasteiger partial charge in [-0.15, -0.1) is 0 Å². The summed E-state index contributed by atoms with van der Waals surface area (Å²) >= 11 is 3.24. The van der Waals surface area contributed by atoms with Crippen molar-refractivity contribution in [3.8, 4) is 11.5 Å². The minimum Gasteiger partial charge on any atom is -0.497 e. The summed E-state index contributed by atoms with van der Waals surface area (Å²) in [6.45, 7) is 1.64. The first kappa shape index (κ1) is 20.5. The first-order valence-electron chi connectivity index (χ1n) is 9.29. The molecule has 1 saturated heterocycles. The first-order chi connectivity index (χ1) is 14.6. The lowest BCUT2D eigenvalue weighted by Crippen LogP contribution is -2.32. The second-order valence-electron chi connectivity index (χ2n) is 6.54. The van der Waals surface area contributed by atoms with Crippen LogP contribution in [0, 0.1) is 0 Å². The summed E-state index contributed by atoms with van der Waals surface area (Å²) in [5.74, 6) is 2.79. The largest absolute Gasteiger partial charge is 0.497 e. The maximum Gasteiger partial charge on any atom is 0.273 e. The fourth-order valence-electron chi connectivity index (χ4n) is 3.09. The van der Waals surface area contributed by atoms with Gasteiger partial charge in [0.25, 0.3) is 5.56 Å². The van der Waals surface area contributed by atoms with E-state index in [0.29, 0.717) is 27.5 Å². The molecule has 0 radical (unpaired) electrons. The minimum atomic E-state index is -0.373. The number of nitrogens with zero attached hydrogens (tertiary/aromatic N) is 4. The van der Waals surface area contributed by atoms with E-state index >= 15 is 0 Å². The van der Waals surface area contributed by atoms with Crippen LogP contribution in [0.5, 0.6) is 11.5 Å². The SMILES string of the molecule is COc1ccc(OC)c(NC(=O)Cn2cnc3nc(N4CCSCC4)sc3c2=O)c1. The molecule has 0 spiro atoms. The molecule has 1 fully saturated rings. The highest BCUT2D eigenvalue weighted by Gasteiger charge is 2.19. The van der Waals surface area contributed by atoms with Gasteiger partial charge in [0.15, 0.2) is 10.8 Å². The number of rotatable bonds is 6. The molecule has 2 aromatic heterocycles. The van der Waals surface area contributed by atoms with E-state index in [4.69, 9.17) is 9.47 Å². The molecule has 0 unspecified atom stereocenters. The second kappa shape index (κ2) is 8.92. The van der Waals surface area contributed by atoms with Gasteiger partial charge in [-0.1, -0.05) is 11.3 Å². The van der Waals surface area contributed by atoms with Gasteiger partial charge in [0.2, 0.25) is 5.91 Å². The van der Waals surface area contributed by atoms with Gasteiger partial charge in [-0.3, -0.25) is 14.2 Å². The van der Waals surface area contributed by atoms with Crippen LogP contribution in [-0.4, -0.2) is 59.3 Å². The molecule has 1 N–H and O–H groups in total. The van der Waals surface area contributed by atoms with Crippen molar-refractivity contribution in [3.63, 3.8) is 0 Å². The Hall–Kier alpha value is -2.79. The normalized spacial score (nSPS) is 14.0. The molecule has 0 bridgehead atoms. The average molecular weight is 448 g/mol. The summed E-state index contributed by atoms with van der Waals surface area (Å²) in [6.07, 6.45) is 1.36. The van der Waals surface area contributed by atoms with E-state index in [1.54, 1.807) is 25.3 Å². The molecule has 3 heterocycles. The van der Waals surface area contributed by atoms with Crippen LogP contribution in [0.4, 0.5) is 10.8 Å². The van der Waals surface area contributed by atoms with Gasteiger partial charge in [-0.2, -0.15) is 16.7 Å². The van der Waals surface area contributed by atoms with Crippen LogP contribution in [0.2, 0.25) is 0 Å². The molecule has 1 aliphatic heterocycles. The Kier molecular flexibility index (Phi) is 6.09. The Balaban J connectivity index is 1.54. The van der Waals surface area contributed by atoms with E-state index in [2.05, 4.69) is 20.2 Å². The van der Waals surface area contributed by atoms with E-state index in [-0.39, 0.29) is 18.0 Å². The van der Waals surface area contributed by atoms with Crippen LogP contribution in [0.15, 0.2) is 29.3 Å². The number of thioether (sulfide) groups is 1. The van der Waals surface area contributed by atoms with Crippen LogP contribution in [-0.2, 0) is 11.3 Å². The lowest BCUT2D eigenvalue weighted by atomic mass is 10.2. The predicted octanol–water partition coefficient (Wildman–Crippen LogP) is 2.06. The van der Waals surface area contributed by atoms with E-state index < -0.39 is 0 Å². The molecule has 11 heteroatoms. The molecule has 1 aliphatic rings. The highest BCUT2D eigenvalue weighted by molar-refractivity contribution is 7.99. The number of fused-ring (bicyclic) bond motifs is 1. The van der Waals surface area contributed by atoms with Crippen LogP contribution in [0.1, 0.15) is 0 Å². The smallest absolute Gasteiger partial charge is 0.273 e. The molecule has 30 heavy (non-hydrogen) atoms. The maximum atomic E-state index is 12.9. The predicted molar refractivity (Wildman–Crippen MR) is 119 cm³/mol. The van der Waals surface area contributed by atoms with Crippen molar-refractivity contribution in [2.24, 2.45) is 0 Å². The number of aromatic nitrogens is 3. The monoisotopic (exact) mass is 447 g/mol. The lowest BCUT2D eigenvalue weighted by molar-refractivity contribution is -0.116. The summed E-state index contributed by atoms with van der Waals surface area (Å²) in [7, 11) is 3.06. The molecule has 158 valence electrons. The Bertz CT molecular complexity index is 1120. The van der Waals surface area contributed by atoms with Gasteiger partial charge in [0.05, 0.1) is 19.9 Å². The second-order valence-corrected chi connectivity index (χ2v) is 8.74. The summed E-state index contributed by atoms with van der Waals surface area (Å²) < 4.78 is 12.2. The van der Waals surface area contributed by atoms with Crippen molar-refractivity contribution in [3.05, 3.63) is 34.9 Å². The van der Waals surface area contributed by atoms with Gasteiger partial charge in [0.1, 0.15) is 29.1 Å². The molecule has 1 aromatic carbocycles. The van der Waals surface area contributed by atoms with Crippen molar-refractivity contribution in [1.29, 1.82) is 0 Å². The first-order valence-corrected chi connectivity index (χ1v) is 11.3. The molecule has 4 rings (SSSR count). The number of carbonyl (C=O) groups excluding carboxylic acids is 1. The standard InChI is InChI=1S/C19H21N5O4S2/c1-27-12-3-4-14(28-2)13(9-12)21-15(25)10-24-11-20-17-16(18(24)26)30-19(22-17)23-5-7-29-8-6-23/h3-4,9,11H,5-8,10H2,1-2H3,(H,21,25). The number of amides is 1. The number of nitrogens with one attached hydrogen (secondary N) is 1. The summed E-state index contributed by atoms with van der Waals surface area (Å²) in [4.78, 5) is 36.4. The molecule has 0 aliphatic carbocycles. The Morgan fingerprint density at radius 3 is 2.77 bits per heavy atom. The quantitative estimate of drug-likeness (QED) is 0.613. The van der Waals surface area contributed by atoms with Crippen molar-refractivity contribution in [1.82, 2.24) is 14.5 Å². The van der Waals surface area contributed by atoms with Crippen LogP contribution in [0.25, 0.3) is 10.3 Å².